The second-order valence-corrected chi connectivity index (χ2v) is 6.52. The van der Waals surface area contributed by atoms with E-state index in [1.54, 1.807) is 6.07 Å². The smallest absolute Gasteiger partial charge is 0.0657 e. The van der Waals surface area contributed by atoms with Crippen molar-refractivity contribution < 1.29 is 0 Å². The second kappa shape index (κ2) is 3.81. The lowest BCUT2D eigenvalue weighted by molar-refractivity contribution is 0.457. The number of halogens is 1. The summed E-state index contributed by atoms with van der Waals surface area (Å²) in [7, 11) is 0. The van der Waals surface area contributed by atoms with Crippen LogP contribution >= 0.6 is 11.6 Å². The van der Waals surface area contributed by atoms with E-state index in [1.807, 2.05) is 12.1 Å². The predicted molar refractivity (Wildman–Crippen MR) is 75.4 cm³/mol. The van der Waals surface area contributed by atoms with Gasteiger partial charge in [-0.05, 0) is 34.9 Å². The predicted octanol–water partition coefficient (Wildman–Crippen LogP) is 4.02. The summed E-state index contributed by atoms with van der Waals surface area (Å²) in [5.41, 5.74) is 8.15. The van der Waals surface area contributed by atoms with Crippen LogP contribution in [0.1, 0.15) is 27.7 Å². The van der Waals surface area contributed by atoms with Gasteiger partial charge in [-0.25, -0.2) is 0 Å². The van der Waals surface area contributed by atoms with E-state index in [2.05, 4.69) is 33.0 Å². The van der Waals surface area contributed by atoms with Crippen LogP contribution in [0.3, 0.4) is 0 Å². The molecule has 1 saturated carbocycles. The van der Waals surface area contributed by atoms with Gasteiger partial charge in [-0.1, -0.05) is 39.3 Å². The molecule has 0 unspecified atom stereocenters. The lowest BCUT2D eigenvalue weighted by Gasteiger charge is -2.10. The number of nitrogen functional groups attached to an aromatic ring is 1. The molecule has 17 heavy (non-hydrogen) atoms. The van der Waals surface area contributed by atoms with Crippen molar-refractivity contribution in [2.75, 3.05) is 17.6 Å². The van der Waals surface area contributed by atoms with E-state index in [0.717, 1.165) is 12.2 Å². The van der Waals surface area contributed by atoms with Crippen LogP contribution in [0.25, 0.3) is 0 Å². The van der Waals surface area contributed by atoms with Crippen molar-refractivity contribution in [3.63, 3.8) is 0 Å². The molecular formula is C14H21ClN2. The molecule has 94 valence electrons. The maximum absolute atomic E-state index is 6.13. The van der Waals surface area contributed by atoms with Crippen molar-refractivity contribution in [2.45, 2.75) is 27.7 Å². The number of rotatable bonds is 3. The molecule has 0 radical (unpaired) electrons. The Labute approximate surface area is 109 Å². The van der Waals surface area contributed by atoms with Gasteiger partial charge in [-0.3, -0.25) is 0 Å². The van der Waals surface area contributed by atoms with Gasteiger partial charge in [0.05, 0.1) is 10.7 Å². The zero-order valence-corrected chi connectivity index (χ0v) is 11.7. The zero-order chi connectivity index (χ0) is 12.8. The first-order valence-electron chi connectivity index (χ1n) is 6.05. The molecule has 2 nitrogen and oxygen atoms in total. The number of nitrogens with one attached hydrogen (secondary N) is 1. The van der Waals surface area contributed by atoms with Crippen LogP contribution in [0.2, 0.25) is 5.02 Å². The maximum atomic E-state index is 6.13. The first-order chi connectivity index (χ1) is 7.76. The highest BCUT2D eigenvalue weighted by Gasteiger charge is 2.63. The molecule has 1 aliphatic carbocycles. The SMILES string of the molecule is CC1(C)C(CNc2ccc(N)cc2Cl)C1(C)C. The third-order valence-electron chi connectivity index (χ3n) is 4.81. The molecule has 0 saturated heterocycles. The summed E-state index contributed by atoms with van der Waals surface area (Å²) in [4.78, 5) is 0. The van der Waals surface area contributed by atoms with Crippen molar-refractivity contribution in [3.05, 3.63) is 23.2 Å². The fraction of sp³-hybridized carbons (Fsp3) is 0.571. The number of anilines is 2. The van der Waals surface area contributed by atoms with E-state index in [0.29, 0.717) is 27.5 Å². The second-order valence-electron chi connectivity index (χ2n) is 6.12. The van der Waals surface area contributed by atoms with Crippen LogP contribution in [0.5, 0.6) is 0 Å². The van der Waals surface area contributed by atoms with Gasteiger partial charge in [0.1, 0.15) is 0 Å². The van der Waals surface area contributed by atoms with Gasteiger partial charge in [0, 0.05) is 12.2 Å². The van der Waals surface area contributed by atoms with Crippen molar-refractivity contribution in [1.82, 2.24) is 0 Å². The summed E-state index contributed by atoms with van der Waals surface area (Å²) >= 11 is 6.13. The van der Waals surface area contributed by atoms with E-state index in [4.69, 9.17) is 17.3 Å². The molecule has 0 atom stereocenters. The van der Waals surface area contributed by atoms with E-state index in [9.17, 15) is 0 Å². The quantitative estimate of drug-likeness (QED) is 0.798. The number of hydrogen-bond donors (Lipinski definition) is 2. The summed E-state index contributed by atoms with van der Waals surface area (Å²) in [5.74, 6) is 0.684. The topological polar surface area (TPSA) is 38.0 Å². The Kier molecular flexibility index (Phi) is 2.81. The maximum Gasteiger partial charge on any atom is 0.0657 e. The highest BCUT2D eigenvalue weighted by molar-refractivity contribution is 6.33. The van der Waals surface area contributed by atoms with Gasteiger partial charge >= 0.3 is 0 Å². The van der Waals surface area contributed by atoms with E-state index in [-0.39, 0.29) is 0 Å². The average molecular weight is 253 g/mol. The van der Waals surface area contributed by atoms with Crippen molar-refractivity contribution in [2.24, 2.45) is 16.7 Å². The molecule has 0 amide bonds. The largest absolute Gasteiger partial charge is 0.399 e. The molecule has 1 aromatic carbocycles. The molecule has 0 bridgehead atoms. The lowest BCUT2D eigenvalue weighted by atomic mass is 10.0. The molecule has 1 fully saturated rings. The van der Waals surface area contributed by atoms with Crippen LogP contribution in [-0.4, -0.2) is 6.54 Å². The van der Waals surface area contributed by atoms with Crippen molar-refractivity contribution in [1.29, 1.82) is 0 Å². The van der Waals surface area contributed by atoms with Gasteiger partial charge in [0.15, 0.2) is 0 Å². The van der Waals surface area contributed by atoms with Gasteiger partial charge in [0.25, 0.3) is 0 Å². The fourth-order valence-corrected chi connectivity index (χ4v) is 2.99. The van der Waals surface area contributed by atoms with Gasteiger partial charge in [0.2, 0.25) is 0 Å². The third kappa shape index (κ3) is 1.99. The highest BCUT2D eigenvalue weighted by Crippen LogP contribution is 2.68. The first kappa shape index (κ1) is 12.6. The number of hydrogen-bond acceptors (Lipinski definition) is 2. The Balaban J connectivity index is 2.00. The highest BCUT2D eigenvalue weighted by atomic mass is 35.5. The summed E-state index contributed by atoms with van der Waals surface area (Å²) in [6.45, 7) is 10.3. The van der Waals surface area contributed by atoms with Gasteiger partial charge < -0.3 is 11.1 Å². The molecule has 3 N–H and O–H groups in total. The molecule has 3 heteroatoms. The molecule has 2 rings (SSSR count). The standard InChI is InChI=1S/C14H21ClN2/c1-13(2)12(14(13,3)4)8-17-11-6-5-9(16)7-10(11)15/h5-7,12,17H,8,16H2,1-4H3. The zero-order valence-electron chi connectivity index (χ0n) is 11.0. The van der Waals surface area contributed by atoms with Crippen LogP contribution in [0.4, 0.5) is 11.4 Å². The number of benzene rings is 1. The Hall–Kier alpha value is -0.890. The Morgan fingerprint density at radius 3 is 2.29 bits per heavy atom. The fourth-order valence-electron chi connectivity index (χ4n) is 2.73. The monoisotopic (exact) mass is 252 g/mol. The van der Waals surface area contributed by atoms with Crippen molar-refractivity contribution >= 4 is 23.0 Å². The van der Waals surface area contributed by atoms with E-state index in [1.165, 1.54) is 0 Å². The molecule has 1 aromatic rings. The minimum absolute atomic E-state index is 0.403. The Morgan fingerprint density at radius 1 is 1.24 bits per heavy atom. The summed E-state index contributed by atoms with van der Waals surface area (Å²) < 4.78 is 0. The minimum atomic E-state index is 0.403. The van der Waals surface area contributed by atoms with Crippen molar-refractivity contribution in [3.8, 4) is 0 Å². The first-order valence-corrected chi connectivity index (χ1v) is 6.43. The van der Waals surface area contributed by atoms with Crippen LogP contribution in [0, 0.1) is 16.7 Å². The third-order valence-corrected chi connectivity index (χ3v) is 5.12. The van der Waals surface area contributed by atoms with Crippen LogP contribution in [-0.2, 0) is 0 Å². The lowest BCUT2D eigenvalue weighted by Crippen LogP contribution is -2.08. The Morgan fingerprint density at radius 2 is 1.82 bits per heavy atom. The Bertz CT molecular complexity index is 424. The number of nitrogens with two attached hydrogens (primary N) is 1. The van der Waals surface area contributed by atoms with E-state index >= 15 is 0 Å². The minimum Gasteiger partial charge on any atom is -0.399 e. The average Bonchev–Trinajstić information content (AvgIpc) is 2.58. The van der Waals surface area contributed by atoms with Gasteiger partial charge in [-0.15, -0.1) is 0 Å². The summed E-state index contributed by atoms with van der Waals surface area (Å²) in [6.07, 6.45) is 0. The molecule has 0 aliphatic heterocycles. The molecule has 0 spiro atoms. The van der Waals surface area contributed by atoms with Crippen LogP contribution in [0.15, 0.2) is 18.2 Å². The molecule has 1 aliphatic rings. The molecule has 0 aromatic heterocycles. The van der Waals surface area contributed by atoms with Crippen LogP contribution < -0.4 is 11.1 Å². The molecular weight excluding hydrogens is 232 g/mol. The molecule has 0 heterocycles. The normalized spacial score (nSPS) is 21.2. The summed E-state index contributed by atoms with van der Waals surface area (Å²) in [5, 5.41) is 4.12. The summed E-state index contributed by atoms with van der Waals surface area (Å²) in [6, 6.07) is 5.60. The van der Waals surface area contributed by atoms with Gasteiger partial charge in [-0.2, -0.15) is 0 Å². The van der Waals surface area contributed by atoms with E-state index < -0.39 is 0 Å².